The van der Waals surface area contributed by atoms with Crippen molar-refractivity contribution >= 4 is 11.8 Å². The smallest absolute Gasteiger partial charge is 0.225 e. The monoisotopic (exact) mass is 377 g/mol. The summed E-state index contributed by atoms with van der Waals surface area (Å²) < 4.78 is 0. The summed E-state index contributed by atoms with van der Waals surface area (Å²) in [6.45, 7) is 8.24. The number of hydrogen-bond donors (Lipinski definition) is 2. The van der Waals surface area contributed by atoms with Gasteiger partial charge in [-0.2, -0.15) is 5.26 Å². The normalized spacial score (nSPS) is 36.9. The molecule has 2 saturated carbocycles. The molecule has 1 unspecified atom stereocenters. The molecule has 2 N–H and O–H groups in total. The minimum absolute atomic E-state index is 0.000207. The summed E-state index contributed by atoms with van der Waals surface area (Å²) in [4.78, 5) is 25.9. The van der Waals surface area contributed by atoms with E-state index in [2.05, 4.69) is 25.2 Å². The highest BCUT2D eigenvalue weighted by molar-refractivity contribution is 5.78. The number of fused-ring (bicyclic) bond motifs is 1. The van der Waals surface area contributed by atoms with Crippen LogP contribution >= 0.6 is 0 Å². The minimum atomic E-state index is -0.557. The lowest BCUT2D eigenvalue weighted by Gasteiger charge is -2.56. The van der Waals surface area contributed by atoms with E-state index >= 15 is 0 Å². The van der Waals surface area contributed by atoms with Gasteiger partial charge in [-0.25, -0.2) is 0 Å². The second-order valence-corrected chi connectivity index (χ2v) is 9.03. The van der Waals surface area contributed by atoms with Crippen molar-refractivity contribution in [1.29, 1.82) is 5.26 Å². The van der Waals surface area contributed by atoms with Crippen molar-refractivity contribution in [3.8, 4) is 6.07 Å². The van der Waals surface area contributed by atoms with Gasteiger partial charge >= 0.3 is 0 Å². The summed E-state index contributed by atoms with van der Waals surface area (Å²) in [5, 5.41) is 23.1. The third kappa shape index (κ3) is 4.45. The van der Waals surface area contributed by atoms with Crippen LogP contribution in [0.4, 0.5) is 0 Å². The van der Waals surface area contributed by atoms with Gasteiger partial charge in [0.2, 0.25) is 11.8 Å². The zero-order valence-corrected chi connectivity index (χ0v) is 17.4. The second kappa shape index (κ2) is 8.60. The molecule has 0 aromatic heterocycles. The molecule has 0 heterocycles. The molecule has 2 aliphatic rings. The molecule has 0 aromatic rings. The van der Waals surface area contributed by atoms with Crippen LogP contribution in [0.15, 0.2) is 0 Å². The number of nitrogens with one attached hydrogen (secondary N) is 1. The summed E-state index contributed by atoms with van der Waals surface area (Å²) in [6, 6.07) is 2.15. The van der Waals surface area contributed by atoms with Gasteiger partial charge in [0.15, 0.2) is 0 Å². The van der Waals surface area contributed by atoms with E-state index in [-0.39, 0.29) is 46.9 Å². The molecule has 0 aromatic carbocycles. The third-order valence-electron chi connectivity index (χ3n) is 7.24. The van der Waals surface area contributed by atoms with Crippen molar-refractivity contribution < 1.29 is 14.7 Å². The van der Waals surface area contributed by atoms with E-state index in [1.165, 1.54) is 0 Å². The Kier molecular flexibility index (Phi) is 6.91. The molecule has 2 aliphatic carbocycles. The molecule has 152 valence electrons. The van der Waals surface area contributed by atoms with Gasteiger partial charge in [-0.1, -0.05) is 20.8 Å². The van der Waals surface area contributed by atoms with Crippen LogP contribution in [-0.2, 0) is 9.59 Å². The number of nitriles is 1. The van der Waals surface area contributed by atoms with E-state index in [4.69, 9.17) is 5.26 Å². The molecular formula is C21H35N3O3. The lowest BCUT2D eigenvalue weighted by Crippen LogP contribution is -2.58. The van der Waals surface area contributed by atoms with Crippen LogP contribution in [0.1, 0.15) is 59.8 Å². The quantitative estimate of drug-likeness (QED) is 0.769. The van der Waals surface area contributed by atoms with E-state index in [9.17, 15) is 14.7 Å². The summed E-state index contributed by atoms with van der Waals surface area (Å²) >= 11 is 0. The Morgan fingerprint density at radius 2 is 2.00 bits per heavy atom. The van der Waals surface area contributed by atoms with Gasteiger partial charge in [-0.05, 0) is 48.9 Å². The fraction of sp³-hybridized carbons (Fsp3) is 0.857. The number of aliphatic hydroxyl groups excluding tert-OH is 1. The standard InChI is InChI=1S/C21H35N3O3/c1-13(20(27)24(5)12-6-11-22)16-7-9-21(4)10-8-17(23-15(3)25)14(2)18(21)19(16)26/h13-14,16-19,26H,6-10,12H2,1-5H3,(H,23,25)/t13-,14+,16?,17-,18+,19-,21-/m0/s1. The Bertz CT molecular complexity index is 602. The van der Waals surface area contributed by atoms with Gasteiger partial charge in [0.05, 0.1) is 18.6 Å². The van der Waals surface area contributed by atoms with Crippen molar-refractivity contribution in [2.75, 3.05) is 13.6 Å². The van der Waals surface area contributed by atoms with Gasteiger partial charge in [0, 0.05) is 32.5 Å². The minimum Gasteiger partial charge on any atom is -0.392 e. The highest BCUT2D eigenvalue weighted by Gasteiger charge is 2.53. The van der Waals surface area contributed by atoms with Gasteiger partial charge in [0.1, 0.15) is 0 Å². The van der Waals surface area contributed by atoms with E-state index in [1.807, 2.05) is 6.92 Å². The number of nitrogens with zero attached hydrogens (tertiary/aromatic N) is 2. The van der Waals surface area contributed by atoms with Crippen molar-refractivity contribution in [3.05, 3.63) is 0 Å². The zero-order valence-electron chi connectivity index (χ0n) is 17.4. The molecule has 2 fully saturated rings. The first-order chi connectivity index (χ1) is 12.6. The second-order valence-electron chi connectivity index (χ2n) is 9.03. The Morgan fingerprint density at radius 1 is 1.37 bits per heavy atom. The maximum Gasteiger partial charge on any atom is 0.225 e. The molecule has 0 saturated heterocycles. The lowest BCUT2D eigenvalue weighted by atomic mass is 9.51. The first kappa shape index (κ1) is 21.7. The Balaban J connectivity index is 2.15. The Hall–Kier alpha value is -1.61. The maximum absolute atomic E-state index is 12.8. The highest BCUT2D eigenvalue weighted by Crippen LogP contribution is 2.55. The molecule has 0 aliphatic heterocycles. The SMILES string of the molecule is CC(=O)N[C@H]1CC[C@]2(C)CCC([C@H](C)C(=O)N(C)CCC#N)[C@H](O)[C@H]2[C@@H]1C. The number of rotatable bonds is 5. The van der Waals surface area contributed by atoms with Crippen molar-refractivity contribution in [1.82, 2.24) is 10.2 Å². The molecule has 2 amide bonds. The predicted molar refractivity (Wildman–Crippen MR) is 103 cm³/mol. The average Bonchev–Trinajstić information content (AvgIpc) is 2.61. The Labute approximate surface area is 163 Å². The van der Waals surface area contributed by atoms with Gasteiger partial charge in [-0.15, -0.1) is 0 Å². The van der Waals surface area contributed by atoms with E-state index in [0.29, 0.717) is 13.0 Å². The summed E-state index contributed by atoms with van der Waals surface area (Å²) in [5.41, 5.74) is 0.0553. The lowest BCUT2D eigenvalue weighted by molar-refractivity contribution is -0.149. The molecule has 7 atom stereocenters. The molecule has 6 heteroatoms. The average molecular weight is 378 g/mol. The van der Waals surface area contributed by atoms with Crippen LogP contribution < -0.4 is 5.32 Å². The molecule has 0 spiro atoms. The first-order valence-corrected chi connectivity index (χ1v) is 10.2. The van der Waals surface area contributed by atoms with Crippen LogP contribution in [0.25, 0.3) is 0 Å². The molecule has 0 radical (unpaired) electrons. The van der Waals surface area contributed by atoms with Crippen LogP contribution in [0.3, 0.4) is 0 Å². The number of aliphatic hydroxyl groups is 1. The van der Waals surface area contributed by atoms with Gasteiger partial charge in [-0.3, -0.25) is 9.59 Å². The number of carbonyl (C=O) groups excluding carboxylic acids is 2. The van der Waals surface area contributed by atoms with Crippen molar-refractivity contribution in [3.63, 3.8) is 0 Å². The fourth-order valence-electron chi connectivity index (χ4n) is 5.62. The topological polar surface area (TPSA) is 93.4 Å². The molecule has 27 heavy (non-hydrogen) atoms. The number of carbonyl (C=O) groups is 2. The number of amides is 2. The predicted octanol–water partition coefficient (Wildman–Crippen LogP) is 2.32. The zero-order chi connectivity index (χ0) is 20.4. The summed E-state index contributed by atoms with van der Waals surface area (Å²) in [5.74, 6) is -0.148. The van der Waals surface area contributed by atoms with E-state index in [0.717, 1.165) is 25.7 Å². The highest BCUT2D eigenvalue weighted by atomic mass is 16.3. The van der Waals surface area contributed by atoms with E-state index in [1.54, 1.807) is 18.9 Å². The summed E-state index contributed by atoms with van der Waals surface area (Å²) in [7, 11) is 1.73. The van der Waals surface area contributed by atoms with Gasteiger partial charge < -0.3 is 15.3 Å². The largest absolute Gasteiger partial charge is 0.392 e. The van der Waals surface area contributed by atoms with Crippen LogP contribution in [0.5, 0.6) is 0 Å². The molecule has 6 nitrogen and oxygen atoms in total. The van der Waals surface area contributed by atoms with Crippen molar-refractivity contribution in [2.45, 2.75) is 71.9 Å². The van der Waals surface area contributed by atoms with Gasteiger partial charge in [0.25, 0.3) is 0 Å². The molecular weight excluding hydrogens is 342 g/mol. The van der Waals surface area contributed by atoms with Crippen LogP contribution in [-0.4, -0.2) is 47.6 Å². The van der Waals surface area contributed by atoms with Crippen molar-refractivity contribution in [2.24, 2.45) is 29.1 Å². The molecule has 2 rings (SSSR count). The Morgan fingerprint density at radius 3 is 2.59 bits per heavy atom. The fourth-order valence-corrected chi connectivity index (χ4v) is 5.62. The maximum atomic E-state index is 12.8. The number of hydrogen-bond acceptors (Lipinski definition) is 4. The first-order valence-electron chi connectivity index (χ1n) is 10.2. The third-order valence-corrected chi connectivity index (χ3v) is 7.24. The van der Waals surface area contributed by atoms with E-state index < -0.39 is 6.10 Å². The van der Waals surface area contributed by atoms with Crippen LogP contribution in [0.2, 0.25) is 0 Å². The summed E-state index contributed by atoms with van der Waals surface area (Å²) in [6.07, 6.45) is 3.52. The van der Waals surface area contributed by atoms with Crippen LogP contribution in [0, 0.1) is 40.4 Å². The molecule has 0 bridgehead atoms.